The molecule has 0 rings (SSSR count). The molecule has 0 aliphatic heterocycles. The largest absolute Gasteiger partial charge is 0.395 e. The summed E-state index contributed by atoms with van der Waals surface area (Å²) in [5.41, 5.74) is -0.343. The number of aliphatic hydroxyl groups excluding tert-OH is 1. The lowest BCUT2D eigenvalue weighted by atomic mass is 9.94. The van der Waals surface area contributed by atoms with Crippen LogP contribution in [0.3, 0.4) is 0 Å². The normalized spacial score (nSPS) is 11.5. The average Bonchev–Trinajstić information content (AvgIpc) is 2.01. The zero-order chi connectivity index (χ0) is 10.5. The molecule has 0 aromatic rings. The summed E-state index contributed by atoms with van der Waals surface area (Å²) in [5, 5.41) is 8.78. The van der Waals surface area contributed by atoms with E-state index in [-0.39, 0.29) is 17.9 Å². The van der Waals surface area contributed by atoms with Crippen LogP contribution in [0.5, 0.6) is 0 Å². The summed E-state index contributed by atoms with van der Waals surface area (Å²) in [6.07, 6.45) is 0.932. The molecule has 0 aliphatic carbocycles. The van der Waals surface area contributed by atoms with Gasteiger partial charge in [0.1, 0.15) is 0 Å². The first-order chi connectivity index (χ1) is 5.93. The maximum absolute atomic E-state index is 11.8. The second-order valence-corrected chi connectivity index (χ2v) is 4.27. The lowest BCUT2D eigenvalue weighted by Crippen LogP contribution is -2.41. The van der Waals surface area contributed by atoms with Crippen LogP contribution in [0.15, 0.2) is 0 Å². The highest BCUT2D eigenvalue weighted by atomic mass is 16.3. The first kappa shape index (κ1) is 12.4. The van der Waals surface area contributed by atoms with Gasteiger partial charge in [0.15, 0.2) is 0 Å². The lowest BCUT2D eigenvalue weighted by Gasteiger charge is -2.28. The minimum atomic E-state index is -0.343. The number of carbonyl (C=O) groups excluding carboxylic acids is 1. The summed E-state index contributed by atoms with van der Waals surface area (Å²) in [5.74, 6) is 0.114. The number of hydrogen-bond acceptors (Lipinski definition) is 2. The Labute approximate surface area is 80.7 Å². The van der Waals surface area contributed by atoms with Crippen LogP contribution < -0.4 is 0 Å². The van der Waals surface area contributed by atoms with Crippen LogP contribution in [-0.2, 0) is 4.79 Å². The minimum absolute atomic E-state index is 0.0435. The van der Waals surface area contributed by atoms with E-state index in [1.54, 1.807) is 4.90 Å². The fraction of sp³-hybridized carbons (Fsp3) is 0.900. The molecule has 0 spiro atoms. The first-order valence-electron chi connectivity index (χ1n) is 4.83. The van der Waals surface area contributed by atoms with E-state index in [4.69, 9.17) is 5.11 Å². The first-order valence-corrected chi connectivity index (χ1v) is 4.83. The monoisotopic (exact) mass is 187 g/mol. The van der Waals surface area contributed by atoms with Crippen molar-refractivity contribution in [2.75, 3.05) is 19.7 Å². The highest BCUT2D eigenvalue weighted by Crippen LogP contribution is 2.17. The summed E-state index contributed by atoms with van der Waals surface area (Å²) in [4.78, 5) is 13.5. The van der Waals surface area contributed by atoms with Gasteiger partial charge in [0.25, 0.3) is 0 Å². The number of rotatable bonds is 4. The Hall–Kier alpha value is -0.570. The summed E-state index contributed by atoms with van der Waals surface area (Å²) in [6.45, 7) is 8.95. The van der Waals surface area contributed by atoms with Crippen molar-refractivity contribution >= 4 is 5.91 Å². The zero-order valence-corrected chi connectivity index (χ0v) is 9.13. The van der Waals surface area contributed by atoms with Crippen LogP contribution in [0.1, 0.15) is 34.1 Å². The third kappa shape index (κ3) is 4.27. The summed E-state index contributed by atoms with van der Waals surface area (Å²) >= 11 is 0. The molecule has 3 heteroatoms. The van der Waals surface area contributed by atoms with Crippen molar-refractivity contribution in [1.29, 1.82) is 0 Å². The van der Waals surface area contributed by atoms with Gasteiger partial charge < -0.3 is 10.0 Å². The molecule has 0 saturated heterocycles. The third-order valence-electron chi connectivity index (χ3n) is 1.79. The van der Waals surface area contributed by atoms with Crippen LogP contribution in [0, 0.1) is 5.41 Å². The molecule has 1 N–H and O–H groups in total. The Kier molecular flexibility index (Phi) is 4.99. The molecule has 0 atom stereocenters. The lowest BCUT2D eigenvalue weighted by molar-refractivity contribution is -0.140. The fourth-order valence-electron chi connectivity index (χ4n) is 1.18. The Morgan fingerprint density at radius 3 is 2.15 bits per heavy atom. The van der Waals surface area contributed by atoms with Crippen LogP contribution in [0.4, 0.5) is 0 Å². The molecule has 1 amide bonds. The Morgan fingerprint density at radius 2 is 1.85 bits per heavy atom. The van der Waals surface area contributed by atoms with Crippen molar-refractivity contribution < 1.29 is 9.90 Å². The van der Waals surface area contributed by atoms with Crippen LogP contribution in [0.2, 0.25) is 0 Å². The second kappa shape index (κ2) is 5.22. The van der Waals surface area contributed by atoms with Crippen LogP contribution in [-0.4, -0.2) is 35.6 Å². The van der Waals surface area contributed by atoms with E-state index >= 15 is 0 Å². The van der Waals surface area contributed by atoms with Crippen LogP contribution >= 0.6 is 0 Å². The molecular weight excluding hydrogens is 166 g/mol. The number of amides is 1. The van der Waals surface area contributed by atoms with E-state index in [0.717, 1.165) is 13.0 Å². The van der Waals surface area contributed by atoms with Gasteiger partial charge in [-0.05, 0) is 6.42 Å². The minimum Gasteiger partial charge on any atom is -0.395 e. The van der Waals surface area contributed by atoms with Gasteiger partial charge in [0, 0.05) is 18.5 Å². The zero-order valence-electron chi connectivity index (χ0n) is 9.13. The topological polar surface area (TPSA) is 40.5 Å². The number of aliphatic hydroxyl groups is 1. The van der Waals surface area contributed by atoms with Gasteiger partial charge in [-0.15, -0.1) is 0 Å². The molecule has 13 heavy (non-hydrogen) atoms. The van der Waals surface area contributed by atoms with E-state index in [1.165, 1.54) is 0 Å². The Morgan fingerprint density at radius 1 is 1.31 bits per heavy atom. The summed E-state index contributed by atoms with van der Waals surface area (Å²) < 4.78 is 0. The van der Waals surface area contributed by atoms with Gasteiger partial charge in [-0.25, -0.2) is 0 Å². The fourth-order valence-corrected chi connectivity index (χ4v) is 1.18. The third-order valence-corrected chi connectivity index (χ3v) is 1.79. The molecule has 0 heterocycles. The maximum Gasteiger partial charge on any atom is 0.228 e. The highest BCUT2D eigenvalue weighted by Gasteiger charge is 2.26. The predicted octanol–water partition coefficient (Wildman–Crippen LogP) is 1.26. The molecule has 3 nitrogen and oxygen atoms in total. The predicted molar refractivity (Wildman–Crippen MR) is 53.4 cm³/mol. The van der Waals surface area contributed by atoms with Gasteiger partial charge in [-0.2, -0.15) is 0 Å². The molecule has 0 radical (unpaired) electrons. The van der Waals surface area contributed by atoms with Gasteiger partial charge >= 0.3 is 0 Å². The molecule has 0 aliphatic rings. The van der Waals surface area contributed by atoms with Crippen molar-refractivity contribution in [3.8, 4) is 0 Å². The number of carbonyl (C=O) groups is 1. The van der Waals surface area contributed by atoms with Crippen molar-refractivity contribution in [2.24, 2.45) is 5.41 Å². The molecule has 0 unspecified atom stereocenters. The van der Waals surface area contributed by atoms with E-state index in [1.807, 2.05) is 27.7 Å². The molecule has 0 aromatic carbocycles. The SMILES string of the molecule is CCCN(CCO)C(=O)C(C)(C)C. The molecule has 0 aromatic heterocycles. The average molecular weight is 187 g/mol. The van der Waals surface area contributed by atoms with Crippen molar-refractivity contribution in [3.05, 3.63) is 0 Å². The van der Waals surface area contributed by atoms with E-state index in [0.29, 0.717) is 6.54 Å². The van der Waals surface area contributed by atoms with Gasteiger partial charge in [-0.1, -0.05) is 27.7 Å². The molecule has 0 fully saturated rings. The molecule has 0 bridgehead atoms. The quantitative estimate of drug-likeness (QED) is 0.720. The molecular formula is C10H21NO2. The van der Waals surface area contributed by atoms with E-state index < -0.39 is 0 Å². The van der Waals surface area contributed by atoms with Crippen LogP contribution in [0.25, 0.3) is 0 Å². The van der Waals surface area contributed by atoms with Gasteiger partial charge in [-0.3, -0.25) is 4.79 Å². The summed E-state index contributed by atoms with van der Waals surface area (Å²) in [6, 6.07) is 0. The number of hydrogen-bond donors (Lipinski definition) is 1. The van der Waals surface area contributed by atoms with Crippen molar-refractivity contribution in [3.63, 3.8) is 0 Å². The molecule has 0 saturated carbocycles. The molecule has 78 valence electrons. The Bertz CT molecular complexity index is 155. The van der Waals surface area contributed by atoms with E-state index in [2.05, 4.69) is 0 Å². The van der Waals surface area contributed by atoms with Gasteiger partial charge in [0.05, 0.1) is 6.61 Å². The van der Waals surface area contributed by atoms with E-state index in [9.17, 15) is 4.79 Å². The van der Waals surface area contributed by atoms with Crippen molar-refractivity contribution in [2.45, 2.75) is 34.1 Å². The van der Waals surface area contributed by atoms with Crippen molar-refractivity contribution in [1.82, 2.24) is 4.90 Å². The summed E-state index contributed by atoms with van der Waals surface area (Å²) in [7, 11) is 0. The van der Waals surface area contributed by atoms with Gasteiger partial charge in [0.2, 0.25) is 5.91 Å². The second-order valence-electron chi connectivity index (χ2n) is 4.27. The smallest absolute Gasteiger partial charge is 0.228 e. The maximum atomic E-state index is 11.8. The highest BCUT2D eigenvalue weighted by molar-refractivity contribution is 5.81. The number of nitrogens with zero attached hydrogens (tertiary/aromatic N) is 1. The standard InChI is InChI=1S/C10H21NO2/c1-5-6-11(7-8-12)9(13)10(2,3)4/h12H,5-8H2,1-4H3. The Balaban J connectivity index is 4.27.